The lowest BCUT2D eigenvalue weighted by Crippen LogP contribution is -2.35. The van der Waals surface area contributed by atoms with E-state index in [2.05, 4.69) is 6.92 Å². The molecule has 1 aliphatic heterocycles. The van der Waals surface area contributed by atoms with Crippen LogP contribution in [0.2, 0.25) is 5.02 Å². The second kappa shape index (κ2) is 11.3. The van der Waals surface area contributed by atoms with Crippen LogP contribution in [-0.2, 0) is 30.6 Å². The van der Waals surface area contributed by atoms with Crippen molar-refractivity contribution in [3.8, 4) is 5.75 Å². The van der Waals surface area contributed by atoms with Gasteiger partial charge in [-0.05, 0) is 72.4 Å². The number of halogens is 2. The number of carboxylic acids is 1. The van der Waals surface area contributed by atoms with Crippen LogP contribution < -0.4 is 4.74 Å². The van der Waals surface area contributed by atoms with Gasteiger partial charge in [0.05, 0.1) is 5.02 Å². The highest BCUT2D eigenvalue weighted by Gasteiger charge is 2.36. The number of unbranched alkanes of at least 4 members (excludes halogenated alkanes) is 1. The minimum Gasteiger partial charge on any atom is -0.487 e. The number of hydrogen-bond acceptors (Lipinski definition) is 3. The van der Waals surface area contributed by atoms with E-state index >= 15 is 0 Å². The fraction of sp³-hybridized carbons (Fsp3) is 0.333. The molecular weight excluding hydrogens is 493 g/mol. The van der Waals surface area contributed by atoms with E-state index in [0.717, 1.165) is 36.0 Å². The summed E-state index contributed by atoms with van der Waals surface area (Å²) >= 11 is 5.81. The van der Waals surface area contributed by atoms with Crippen LogP contribution in [-0.4, -0.2) is 34.0 Å². The molecule has 0 fully saturated rings. The van der Waals surface area contributed by atoms with Gasteiger partial charge in [-0.25, -0.2) is 4.39 Å². The second-order valence-corrected chi connectivity index (χ2v) is 10.4. The minimum absolute atomic E-state index is 0.0750. The molecule has 0 aliphatic carbocycles. The molecule has 1 amide bonds. The molecule has 0 radical (unpaired) electrons. The Hall–Kier alpha value is -3.38. The maximum Gasteiger partial charge on any atom is 0.323 e. The molecule has 0 spiro atoms. The van der Waals surface area contributed by atoms with Gasteiger partial charge in [-0.1, -0.05) is 55.3 Å². The molecule has 1 aliphatic rings. The van der Waals surface area contributed by atoms with Crippen LogP contribution in [0.15, 0.2) is 60.7 Å². The molecule has 7 heteroatoms. The molecule has 3 aromatic carbocycles. The Bertz CT molecular complexity index is 1290. The third-order valence-electron chi connectivity index (χ3n) is 6.62. The van der Waals surface area contributed by atoms with Gasteiger partial charge in [0, 0.05) is 24.9 Å². The number of aryl methyl sites for hydroxylation is 1. The monoisotopic (exact) mass is 523 g/mol. The normalized spacial score (nSPS) is 16.2. The van der Waals surface area contributed by atoms with Gasteiger partial charge >= 0.3 is 5.97 Å². The highest BCUT2D eigenvalue weighted by Crippen LogP contribution is 2.38. The van der Waals surface area contributed by atoms with Crippen LogP contribution >= 0.6 is 11.6 Å². The lowest BCUT2D eigenvalue weighted by molar-refractivity contribution is -0.137. The summed E-state index contributed by atoms with van der Waals surface area (Å²) in [5.74, 6) is -1.23. The minimum atomic E-state index is -1.07. The number of carboxylic acid groups (broad SMARTS) is 1. The van der Waals surface area contributed by atoms with Gasteiger partial charge in [-0.2, -0.15) is 0 Å². The van der Waals surface area contributed by atoms with Crippen LogP contribution in [0.4, 0.5) is 4.39 Å². The third kappa shape index (κ3) is 6.69. The molecule has 1 heterocycles. The topological polar surface area (TPSA) is 66.8 Å². The summed E-state index contributed by atoms with van der Waals surface area (Å²) in [5, 5.41) is 9.53. The van der Waals surface area contributed by atoms with Gasteiger partial charge in [0.2, 0.25) is 0 Å². The first kappa shape index (κ1) is 26.7. The molecule has 0 aromatic heterocycles. The molecule has 4 rings (SSSR count). The van der Waals surface area contributed by atoms with Crippen molar-refractivity contribution in [1.82, 2.24) is 4.90 Å². The number of benzene rings is 3. The number of rotatable bonds is 10. The Labute approximate surface area is 221 Å². The summed E-state index contributed by atoms with van der Waals surface area (Å²) in [4.78, 5) is 26.3. The van der Waals surface area contributed by atoms with Crippen molar-refractivity contribution in [3.05, 3.63) is 99.3 Å². The molecule has 1 N–H and O–H groups in total. The van der Waals surface area contributed by atoms with Gasteiger partial charge in [0.15, 0.2) is 0 Å². The molecule has 1 atom stereocenters. The van der Waals surface area contributed by atoms with E-state index in [1.165, 1.54) is 22.6 Å². The Kier molecular flexibility index (Phi) is 8.18. The van der Waals surface area contributed by atoms with E-state index in [1.807, 2.05) is 31.2 Å². The summed E-state index contributed by atoms with van der Waals surface area (Å²) < 4.78 is 20.1. The highest BCUT2D eigenvalue weighted by atomic mass is 35.5. The summed E-state index contributed by atoms with van der Waals surface area (Å²) in [5.41, 5.74) is 3.53. The number of aliphatic carboxylic acids is 1. The number of nitrogens with zero attached hydrogens (tertiary/aromatic N) is 1. The van der Waals surface area contributed by atoms with E-state index < -0.39 is 23.9 Å². The second-order valence-electron chi connectivity index (χ2n) is 9.95. The van der Waals surface area contributed by atoms with Gasteiger partial charge in [-0.15, -0.1) is 0 Å². The van der Waals surface area contributed by atoms with Gasteiger partial charge in [-0.3, -0.25) is 9.59 Å². The first-order chi connectivity index (χ1) is 17.7. The van der Waals surface area contributed by atoms with Crippen LogP contribution in [0.5, 0.6) is 5.75 Å². The van der Waals surface area contributed by atoms with Crippen molar-refractivity contribution < 1.29 is 23.8 Å². The fourth-order valence-corrected chi connectivity index (χ4v) is 4.91. The summed E-state index contributed by atoms with van der Waals surface area (Å²) in [6.45, 7) is 3.90. The lowest BCUT2D eigenvalue weighted by Gasteiger charge is -2.24. The quantitative estimate of drug-likeness (QED) is 0.330. The zero-order chi connectivity index (χ0) is 26.6. The fourth-order valence-electron chi connectivity index (χ4n) is 4.79. The summed E-state index contributed by atoms with van der Waals surface area (Å²) in [7, 11) is 0. The maximum atomic E-state index is 13.9. The molecular formula is C30H31ClFNO4. The molecule has 1 unspecified atom stereocenters. The van der Waals surface area contributed by atoms with Gasteiger partial charge in [0.1, 0.15) is 23.7 Å². The average molecular weight is 524 g/mol. The number of carbonyl (C=O) groups excluding carboxylic acids is 1. The van der Waals surface area contributed by atoms with E-state index in [4.69, 9.17) is 16.3 Å². The van der Waals surface area contributed by atoms with Crippen molar-refractivity contribution in [2.75, 3.05) is 6.54 Å². The molecule has 194 valence electrons. The first-order valence-corrected chi connectivity index (χ1v) is 12.9. The third-order valence-corrected chi connectivity index (χ3v) is 6.93. The largest absolute Gasteiger partial charge is 0.487 e. The standard InChI is InChI=1S/C30H31ClFNO4/c1-3-4-5-20-6-8-21(9-7-20)18-33(19-28(34)35)29(36)23-11-13-27-24(15-23)17-30(2,37-27)16-22-10-12-25(31)26(32)14-22/h6-15H,3-5,16-19H2,1-2H3,(H,34,35). The van der Waals surface area contributed by atoms with E-state index in [-0.39, 0.29) is 17.5 Å². The smallest absolute Gasteiger partial charge is 0.323 e. The van der Waals surface area contributed by atoms with Gasteiger partial charge in [0.25, 0.3) is 5.91 Å². The molecule has 37 heavy (non-hydrogen) atoms. The lowest BCUT2D eigenvalue weighted by atomic mass is 9.91. The molecule has 5 nitrogen and oxygen atoms in total. The highest BCUT2D eigenvalue weighted by molar-refractivity contribution is 6.30. The van der Waals surface area contributed by atoms with Crippen LogP contribution in [0, 0.1) is 5.82 Å². The zero-order valence-electron chi connectivity index (χ0n) is 21.1. The predicted molar refractivity (Wildman–Crippen MR) is 142 cm³/mol. The van der Waals surface area contributed by atoms with E-state index in [0.29, 0.717) is 24.2 Å². The van der Waals surface area contributed by atoms with Crippen molar-refractivity contribution in [3.63, 3.8) is 0 Å². The van der Waals surface area contributed by atoms with Gasteiger partial charge < -0.3 is 14.7 Å². The van der Waals surface area contributed by atoms with Crippen molar-refractivity contribution >= 4 is 23.5 Å². The van der Waals surface area contributed by atoms with Crippen molar-refractivity contribution in [2.45, 2.75) is 58.1 Å². The Balaban J connectivity index is 1.49. The van der Waals surface area contributed by atoms with Crippen molar-refractivity contribution in [1.29, 1.82) is 0 Å². The van der Waals surface area contributed by atoms with Crippen molar-refractivity contribution in [2.24, 2.45) is 0 Å². The number of fused-ring (bicyclic) bond motifs is 1. The number of ether oxygens (including phenoxy) is 1. The number of amides is 1. The maximum absolute atomic E-state index is 13.9. The van der Waals surface area contributed by atoms with E-state index in [9.17, 15) is 19.1 Å². The zero-order valence-corrected chi connectivity index (χ0v) is 21.9. The van der Waals surface area contributed by atoms with Crippen LogP contribution in [0.25, 0.3) is 0 Å². The predicted octanol–water partition coefficient (Wildman–Crippen LogP) is 6.49. The number of hydrogen-bond donors (Lipinski definition) is 1. The Morgan fingerprint density at radius 3 is 2.43 bits per heavy atom. The van der Waals surface area contributed by atoms with E-state index in [1.54, 1.807) is 24.3 Å². The van der Waals surface area contributed by atoms with Crippen LogP contribution in [0.3, 0.4) is 0 Å². The Morgan fingerprint density at radius 2 is 1.76 bits per heavy atom. The first-order valence-electron chi connectivity index (χ1n) is 12.5. The van der Waals surface area contributed by atoms with Crippen LogP contribution in [0.1, 0.15) is 59.3 Å². The molecule has 0 saturated heterocycles. The summed E-state index contributed by atoms with van der Waals surface area (Å²) in [6.07, 6.45) is 4.23. The molecule has 3 aromatic rings. The average Bonchev–Trinajstić information content (AvgIpc) is 3.19. The number of carbonyl (C=O) groups is 2. The Morgan fingerprint density at radius 1 is 1.05 bits per heavy atom. The summed E-state index contributed by atoms with van der Waals surface area (Å²) in [6, 6.07) is 17.9. The SMILES string of the molecule is CCCCc1ccc(CN(CC(=O)O)C(=O)c2ccc3c(c2)CC(C)(Cc2ccc(Cl)c(F)c2)O3)cc1. The molecule has 0 saturated carbocycles. The molecule has 0 bridgehead atoms.